The fourth-order valence-electron chi connectivity index (χ4n) is 2.80. The minimum atomic E-state index is -0.257. The van der Waals surface area contributed by atoms with Gasteiger partial charge >= 0.3 is 0 Å². The van der Waals surface area contributed by atoms with E-state index >= 15 is 0 Å². The van der Waals surface area contributed by atoms with E-state index in [2.05, 4.69) is 10.2 Å². The summed E-state index contributed by atoms with van der Waals surface area (Å²) in [7, 11) is 1.62. The number of aromatic nitrogens is 2. The second kappa shape index (κ2) is 6.32. The van der Waals surface area contributed by atoms with Crippen LogP contribution in [0.3, 0.4) is 0 Å². The van der Waals surface area contributed by atoms with Gasteiger partial charge < -0.3 is 14.2 Å². The van der Waals surface area contributed by atoms with Gasteiger partial charge in [0.15, 0.2) is 11.5 Å². The molecule has 1 aliphatic rings. The summed E-state index contributed by atoms with van der Waals surface area (Å²) in [5.41, 5.74) is 2.87. The van der Waals surface area contributed by atoms with E-state index in [4.69, 9.17) is 14.2 Å². The number of H-pyrrole nitrogens is 1. The molecule has 1 aromatic heterocycles. The molecule has 0 unspecified atom stereocenters. The van der Waals surface area contributed by atoms with Gasteiger partial charge in [0.25, 0.3) is 5.56 Å². The highest BCUT2D eigenvalue weighted by atomic mass is 16.6. The molecule has 0 saturated carbocycles. The zero-order valence-electron chi connectivity index (χ0n) is 13.6. The average molecular weight is 336 g/mol. The molecule has 0 bridgehead atoms. The van der Waals surface area contributed by atoms with Crippen molar-refractivity contribution in [1.82, 2.24) is 10.2 Å². The molecule has 0 fully saturated rings. The van der Waals surface area contributed by atoms with E-state index in [1.165, 1.54) is 0 Å². The molecule has 2 aromatic carbocycles. The Morgan fingerprint density at radius 1 is 0.960 bits per heavy atom. The number of nitrogens with one attached hydrogen (secondary N) is 1. The number of rotatable bonds is 3. The Labute approximate surface area is 144 Å². The topological polar surface area (TPSA) is 73.4 Å². The first-order chi connectivity index (χ1) is 12.2. The summed E-state index contributed by atoms with van der Waals surface area (Å²) in [6.07, 6.45) is 0. The maximum absolute atomic E-state index is 11.8. The van der Waals surface area contributed by atoms with Crippen molar-refractivity contribution in [3.05, 3.63) is 58.9 Å². The second-order valence-electron chi connectivity index (χ2n) is 5.58. The number of hydrogen-bond donors (Lipinski definition) is 1. The first kappa shape index (κ1) is 15.3. The molecule has 0 radical (unpaired) electrons. The van der Waals surface area contributed by atoms with Crippen LogP contribution in [0.1, 0.15) is 0 Å². The number of nitrogens with zero attached hydrogens (tertiary/aromatic N) is 1. The van der Waals surface area contributed by atoms with Gasteiger partial charge in [-0.2, -0.15) is 5.10 Å². The third-order valence-electron chi connectivity index (χ3n) is 4.03. The monoisotopic (exact) mass is 336 g/mol. The van der Waals surface area contributed by atoms with Crippen LogP contribution in [0.4, 0.5) is 0 Å². The van der Waals surface area contributed by atoms with E-state index < -0.39 is 0 Å². The summed E-state index contributed by atoms with van der Waals surface area (Å²) < 4.78 is 16.4. The molecule has 2 heterocycles. The Bertz CT molecular complexity index is 964. The smallest absolute Gasteiger partial charge is 0.264 e. The van der Waals surface area contributed by atoms with E-state index in [1.54, 1.807) is 13.2 Å². The summed E-state index contributed by atoms with van der Waals surface area (Å²) in [4.78, 5) is 11.8. The molecule has 126 valence electrons. The zero-order valence-corrected chi connectivity index (χ0v) is 13.6. The predicted molar refractivity (Wildman–Crippen MR) is 93.3 cm³/mol. The zero-order chi connectivity index (χ0) is 17.2. The Morgan fingerprint density at radius 2 is 1.68 bits per heavy atom. The number of methoxy groups -OCH3 is 1. The summed E-state index contributed by atoms with van der Waals surface area (Å²) in [5, 5.41) is 6.76. The van der Waals surface area contributed by atoms with Crippen LogP contribution >= 0.6 is 0 Å². The lowest BCUT2D eigenvalue weighted by atomic mass is 9.99. The molecule has 6 heteroatoms. The first-order valence-electron chi connectivity index (χ1n) is 7.89. The Balaban J connectivity index is 1.83. The molecule has 4 rings (SSSR count). The number of benzene rings is 2. The lowest BCUT2D eigenvalue weighted by Crippen LogP contribution is -2.15. The second-order valence-corrected chi connectivity index (χ2v) is 5.58. The van der Waals surface area contributed by atoms with Crippen molar-refractivity contribution in [2.24, 2.45) is 0 Å². The molecule has 0 aliphatic carbocycles. The van der Waals surface area contributed by atoms with Crippen molar-refractivity contribution in [2.75, 3.05) is 20.3 Å². The van der Waals surface area contributed by atoms with Crippen molar-refractivity contribution in [3.63, 3.8) is 0 Å². The molecule has 25 heavy (non-hydrogen) atoms. The van der Waals surface area contributed by atoms with Crippen molar-refractivity contribution in [2.45, 2.75) is 0 Å². The van der Waals surface area contributed by atoms with Crippen LogP contribution in [0.15, 0.2) is 53.3 Å². The Hall–Kier alpha value is -3.28. The number of hydrogen-bond acceptors (Lipinski definition) is 5. The normalized spacial score (nSPS) is 12.7. The van der Waals surface area contributed by atoms with E-state index in [0.29, 0.717) is 30.4 Å². The molecular weight excluding hydrogens is 320 g/mol. The molecule has 0 atom stereocenters. The van der Waals surface area contributed by atoms with Crippen LogP contribution in [0.5, 0.6) is 17.2 Å². The van der Waals surface area contributed by atoms with Crippen molar-refractivity contribution < 1.29 is 14.2 Å². The fraction of sp³-hybridized carbons (Fsp3) is 0.158. The summed E-state index contributed by atoms with van der Waals surface area (Å²) in [6, 6.07) is 14.7. The SMILES string of the molecule is COc1ccc(-c2cc(=O)[nH]nc2-c2ccc3c(c2)OCCO3)cc1. The molecule has 0 saturated heterocycles. The minimum Gasteiger partial charge on any atom is -0.497 e. The third kappa shape index (κ3) is 2.94. The van der Waals surface area contributed by atoms with Crippen molar-refractivity contribution in [3.8, 4) is 39.6 Å². The molecule has 0 amide bonds. The van der Waals surface area contributed by atoms with E-state index in [0.717, 1.165) is 22.4 Å². The van der Waals surface area contributed by atoms with Gasteiger partial charge in [0.05, 0.1) is 12.8 Å². The van der Waals surface area contributed by atoms with Gasteiger partial charge in [-0.05, 0) is 35.9 Å². The molecule has 3 aromatic rings. The highest BCUT2D eigenvalue weighted by Gasteiger charge is 2.16. The molecular formula is C19H16N2O4. The van der Waals surface area contributed by atoms with Crippen LogP contribution in [-0.2, 0) is 0 Å². The van der Waals surface area contributed by atoms with Crippen LogP contribution < -0.4 is 19.8 Å². The van der Waals surface area contributed by atoms with Gasteiger partial charge in [0.2, 0.25) is 0 Å². The van der Waals surface area contributed by atoms with Gasteiger partial charge in [-0.15, -0.1) is 0 Å². The quantitative estimate of drug-likeness (QED) is 0.796. The third-order valence-corrected chi connectivity index (χ3v) is 4.03. The van der Waals surface area contributed by atoms with Gasteiger partial charge in [-0.25, -0.2) is 5.10 Å². The summed E-state index contributed by atoms with van der Waals surface area (Å²) in [6.45, 7) is 1.06. The van der Waals surface area contributed by atoms with Gasteiger partial charge in [-0.3, -0.25) is 4.79 Å². The Kier molecular flexibility index (Phi) is 3.85. The molecule has 1 aliphatic heterocycles. The van der Waals surface area contributed by atoms with E-state index in [1.807, 2.05) is 42.5 Å². The fourth-order valence-corrected chi connectivity index (χ4v) is 2.80. The van der Waals surface area contributed by atoms with Crippen LogP contribution in [0, 0.1) is 0 Å². The van der Waals surface area contributed by atoms with Crippen molar-refractivity contribution >= 4 is 0 Å². The number of fused-ring (bicyclic) bond motifs is 1. The van der Waals surface area contributed by atoms with Gasteiger partial charge in [0, 0.05) is 17.2 Å². The van der Waals surface area contributed by atoms with Crippen LogP contribution in [0.2, 0.25) is 0 Å². The maximum atomic E-state index is 11.8. The first-order valence-corrected chi connectivity index (χ1v) is 7.89. The number of ether oxygens (including phenoxy) is 3. The van der Waals surface area contributed by atoms with Gasteiger partial charge in [-0.1, -0.05) is 12.1 Å². The van der Waals surface area contributed by atoms with Crippen molar-refractivity contribution in [1.29, 1.82) is 0 Å². The van der Waals surface area contributed by atoms with E-state index in [9.17, 15) is 4.79 Å². The number of aromatic amines is 1. The highest BCUT2D eigenvalue weighted by molar-refractivity contribution is 5.81. The lowest BCUT2D eigenvalue weighted by Gasteiger charge is -2.19. The predicted octanol–water partition coefficient (Wildman–Crippen LogP) is 2.88. The lowest BCUT2D eigenvalue weighted by molar-refractivity contribution is 0.171. The molecule has 0 spiro atoms. The summed E-state index contributed by atoms with van der Waals surface area (Å²) >= 11 is 0. The molecule has 1 N–H and O–H groups in total. The average Bonchev–Trinajstić information content (AvgIpc) is 2.67. The van der Waals surface area contributed by atoms with Crippen LogP contribution in [-0.4, -0.2) is 30.5 Å². The van der Waals surface area contributed by atoms with Gasteiger partial charge in [0.1, 0.15) is 19.0 Å². The molecule has 6 nitrogen and oxygen atoms in total. The Morgan fingerprint density at radius 3 is 2.44 bits per heavy atom. The maximum Gasteiger partial charge on any atom is 0.264 e. The summed E-state index contributed by atoms with van der Waals surface area (Å²) in [5.74, 6) is 2.14. The standard InChI is InChI=1S/C19H16N2O4/c1-23-14-5-2-12(3-6-14)15-11-18(22)20-21-19(15)13-4-7-16-17(10-13)25-9-8-24-16/h2-7,10-11H,8-9H2,1H3,(H,20,22). The van der Waals surface area contributed by atoms with Crippen LogP contribution in [0.25, 0.3) is 22.4 Å². The highest BCUT2D eigenvalue weighted by Crippen LogP contribution is 2.36. The minimum absolute atomic E-state index is 0.257. The largest absolute Gasteiger partial charge is 0.497 e. The van der Waals surface area contributed by atoms with E-state index in [-0.39, 0.29) is 5.56 Å².